The molecule has 0 aromatic carbocycles. The number of aromatic nitrogens is 1. The standard InChI is InChI=1S/C18H20BrN3OS/c19-15-11-20-6-1-16(15)21-7-2-13(3-8-21)18(23)22-9-4-17-14(12-22)5-10-24-17/h1,5-6,10-11,13H,2-4,7-9,12H2. The number of thiophene rings is 1. The van der Waals surface area contributed by atoms with Crippen molar-refractivity contribution in [2.24, 2.45) is 5.92 Å². The highest BCUT2D eigenvalue weighted by Gasteiger charge is 2.31. The number of hydrogen-bond donors (Lipinski definition) is 0. The van der Waals surface area contributed by atoms with Gasteiger partial charge >= 0.3 is 0 Å². The molecule has 0 atom stereocenters. The third-order valence-corrected chi connectivity index (χ3v) is 6.69. The van der Waals surface area contributed by atoms with Gasteiger partial charge in [-0.05, 0) is 58.3 Å². The highest BCUT2D eigenvalue weighted by Crippen LogP contribution is 2.31. The van der Waals surface area contributed by atoms with Crippen molar-refractivity contribution in [3.8, 4) is 0 Å². The summed E-state index contributed by atoms with van der Waals surface area (Å²) >= 11 is 5.39. The van der Waals surface area contributed by atoms with Gasteiger partial charge in [-0.1, -0.05) is 0 Å². The maximum atomic E-state index is 12.9. The molecule has 1 amide bonds. The molecule has 0 spiro atoms. The van der Waals surface area contributed by atoms with Crippen molar-refractivity contribution < 1.29 is 4.79 Å². The minimum absolute atomic E-state index is 0.169. The molecule has 0 unspecified atom stereocenters. The van der Waals surface area contributed by atoms with E-state index in [0.29, 0.717) is 5.91 Å². The summed E-state index contributed by atoms with van der Waals surface area (Å²) in [6.07, 6.45) is 6.53. The van der Waals surface area contributed by atoms with Gasteiger partial charge in [0.05, 0.1) is 10.2 Å². The number of hydrogen-bond acceptors (Lipinski definition) is 4. The fourth-order valence-electron chi connectivity index (χ4n) is 3.69. The van der Waals surface area contributed by atoms with Gasteiger partial charge in [-0.15, -0.1) is 11.3 Å². The number of nitrogens with zero attached hydrogens (tertiary/aromatic N) is 3. The quantitative estimate of drug-likeness (QED) is 0.763. The summed E-state index contributed by atoms with van der Waals surface area (Å²) in [7, 11) is 0. The largest absolute Gasteiger partial charge is 0.370 e. The molecule has 4 nitrogen and oxygen atoms in total. The van der Waals surface area contributed by atoms with E-state index in [2.05, 4.69) is 42.2 Å². The van der Waals surface area contributed by atoms with E-state index in [-0.39, 0.29) is 5.92 Å². The first kappa shape index (κ1) is 16.1. The Bertz CT molecular complexity index is 739. The van der Waals surface area contributed by atoms with Crippen molar-refractivity contribution in [2.75, 3.05) is 24.5 Å². The van der Waals surface area contributed by atoms with Crippen molar-refractivity contribution >= 4 is 38.9 Å². The molecule has 1 fully saturated rings. The van der Waals surface area contributed by atoms with Gasteiger partial charge in [0.25, 0.3) is 0 Å². The third kappa shape index (κ3) is 3.09. The van der Waals surface area contributed by atoms with Crippen LogP contribution < -0.4 is 4.90 Å². The minimum atomic E-state index is 0.169. The molecule has 126 valence electrons. The van der Waals surface area contributed by atoms with Crippen LogP contribution in [0.3, 0.4) is 0 Å². The van der Waals surface area contributed by atoms with Crippen LogP contribution in [0.15, 0.2) is 34.4 Å². The average Bonchev–Trinajstić information content (AvgIpc) is 3.09. The fraction of sp³-hybridized carbons (Fsp3) is 0.444. The monoisotopic (exact) mass is 405 g/mol. The second-order valence-electron chi connectivity index (χ2n) is 6.47. The van der Waals surface area contributed by atoms with Crippen molar-refractivity contribution in [2.45, 2.75) is 25.8 Å². The number of rotatable bonds is 2. The summed E-state index contributed by atoms with van der Waals surface area (Å²) in [5, 5.41) is 2.14. The summed E-state index contributed by atoms with van der Waals surface area (Å²) in [6, 6.07) is 4.21. The molecule has 0 radical (unpaired) electrons. The number of pyridine rings is 1. The zero-order chi connectivity index (χ0) is 16.5. The van der Waals surface area contributed by atoms with E-state index in [4.69, 9.17) is 0 Å². The van der Waals surface area contributed by atoms with Gasteiger partial charge in [0.2, 0.25) is 5.91 Å². The predicted molar refractivity (Wildman–Crippen MR) is 100 cm³/mol. The van der Waals surface area contributed by atoms with Crippen LogP contribution in [-0.2, 0) is 17.8 Å². The van der Waals surface area contributed by atoms with Gasteiger partial charge in [0.1, 0.15) is 0 Å². The Morgan fingerprint density at radius 2 is 2.08 bits per heavy atom. The second kappa shape index (κ2) is 6.84. The molecule has 2 aliphatic rings. The summed E-state index contributed by atoms with van der Waals surface area (Å²) in [5.41, 5.74) is 2.52. The summed E-state index contributed by atoms with van der Waals surface area (Å²) in [5.74, 6) is 0.516. The zero-order valence-corrected chi connectivity index (χ0v) is 15.9. The number of halogens is 1. The van der Waals surface area contributed by atoms with Gasteiger partial charge in [0.15, 0.2) is 0 Å². The van der Waals surface area contributed by atoms with Crippen LogP contribution in [0.5, 0.6) is 0 Å². The third-order valence-electron chi connectivity index (χ3n) is 5.06. The molecular weight excluding hydrogens is 386 g/mol. The number of fused-ring (bicyclic) bond motifs is 1. The number of piperidine rings is 1. The van der Waals surface area contributed by atoms with Crippen LogP contribution in [0, 0.1) is 5.92 Å². The predicted octanol–water partition coefficient (Wildman–Crippen LogP) is 3.71. The summed E-state index contributed by atoms with van der Waals surface area (Å²) < 4.78 is 1.02. The van der Waals surface area contributed by atoms with E-state index in [1.54, 1.807) is 0 Å². The smallest absolute Gasteiger partial charge is 0.226 e. The highest BCUT2D eigenvalue weighted by molar-refractivity contribution is 9.10. The molecule has 4 rings (SSSR count). The average molecular weight is 406 g/mol. The van der Waals surface area contributed by atoms with Crippen molar-refractivity contribution in [1.29, 1.82) is 0 Å². The Labute approximate surface area is 154 Å². The molecule has 6 heteroatoms. The molecular formula is C18H20BrN3OS. The molecule has 2 aliphatic heterocycles. The van der Waals surface area contributed by atoms with Crippen LogP contribution in [-0.4, -0.2) is 35.4 Å². The Morgan fingerprint density at radius 1 is 1.25 bits per heavy atom. The number of carbonyl (C=O) groups excluding carboxylic acids is 1. The fourth-order valence-corrected chi connectivity index (χ4v) is 5.08. The van der Waals surface area contributed by atoms with E-state index in [9.17, 15) is 4.79 Å². The topological polar surface area (TPSA) is 36.4 Å². The second-order valence-corrected chi connectivity index (χ2v) is 8.32. The highest BCUT2D eigenvalue weighted by atomic mass is 79.9. The van der Waals surface area contributed by atoms with Crippen molar-refractivity contribution in [3.63, 3.8) is 0 Å². The van der Waals surface area contributed by atoms with Gasteiger partial charge in [-0.25, -0.2) is 0 Å². The SMILES string of the molecule is O=C(C1CCN(c2ccncc2Br)CC1)N1CCc2sccc2C1. The maximum Gasteiger partial charge on any atom is 0.226 e. The lowest BCUT2D eigenvalue weighted by Crippen LogP contribution is -2.44. The lowest BCUT2D eigenvalue weighted by Gasteiger charge is -2.36. The van der Waals surface area contributed by atoms with E-state index >= 15 is 0 Å². The summed E-state index contributed by atoms with van der Waals surface area (Å²) in [4.78, 5) is 22.9. The molecule has 1 saturated heterocycles. The summed E-state index contributed by atoms with van der Waals surface area (Å²) in [6.45, 7) is 3.53. The molecule has 0 bridgehead atoms. The molecule has 24 heavy (non-hydrogen) atoms. The Balaban J connectivity index is 1.38. The van der Waals surface area contributed by atoms with Gasteiger partial charge in [-0.2, -0.15) is 0 Å². The first-order valence-electron chi connectivity index (χ1n) is 8.41. The normalized spacial score (nSPS) is 18.5. The van der Waals surface area contributed by atoms with Crippen LogP contribution in [0.25, 0.3) is 0 Å². The Morgan fingerprint density at radius 3 is 2.88 bits per heavy atom. The Hall–Kier alpha value is -1.40. The minimum Gasteiger partial charge on any atom is -0.370 e. The van der Waals surface area contributed by atoms with Crippen molar-refractivity contribution in [3.05, 3.63) is 44.8 Å². The zero-order valence-electron chi connectivity index (χ0n) is 13.4. The first-order valence-corrected chi connectivity index (χ1v) is 10.1. The van der Waals surface area contributed by atoms with Crippen LogP contribution in [0.4, 0.5) is 5.69 Å². The number of amides is 1. The van der Waals surface area contributed by atoms with Crippen molar-refractivity contribution in [1.82, 2.24) is 9.88 Å². The Kier molecular flexibility index (Phi) is 4.59. The molecule has 0 saturated carbocycles. The van der Waals surface area contributed by atoms with Gasteiger partial charge < -0.3 is 9.80 Å². The van der Waals surface area contributed by atoms with E-state index in [1.165, 1.54) is 16.1 Å². The molecule has 2 aromatic rings. The number of anilines is 1. The van der Waals surface area contributed by atoms with Crippen LogP contribution in [0.2, 0.25) is 0 Å². The lowest BCUT2D eigenvalue weighted by atomic mass is 9.94. The van der Waals surface area contributed by atoms with Gasteiger partial charge in [-0.3, -0.25) is 9.78 Å². The molecule has 4 heterocycles. The molecule has 0 aliphatic carbocycles. The molecule has 2 aromatic heterocycles. The van der Waals surface area contributed by atoms with Gasteiger partial charge in [0, 0.05) is 49.4 Å². The van der Waals surface area contributed by atoms with Crippen LogP contribution >= 0.6 is 27.3 Å². The molecule has 0 N–H and O–H groups in total. The lowest BCUT2D eigenvalue weighted by molar-refractivity contribution is -0.137. The van der Waals surface area contributed by atoms with Crippen LogP contribution in [0.1, 0.15) is 23.3 Å². The first-order chi connectivity index (χ1) is 11.7. The maximum absolute atomic E-state index is 12.9. The van der Waals surface area contributed by atoms with E-state index in [0.717, 1.165) is 49.9 Å². The van der Waals surface area contributed by atoms with E-state index in [1.807, 2.05) is 29.8 Å². The van der Waals surface area contributed by atoms with E-state index < -0.39 is 0 Å². The number of carbonyl (C=O) groups is 1.